The molecule has 0 saturated carbocycles. The molecule has 0 aromatic heterocycles. The molecule has 0 heterocycles. The number of rotatable bonds is 5. The van der Waals surface area contributed by atoms with Crippen LogP contribution in [0.3, 0.4) is 0 Å². The molecule has 0 radical (unpaired) electrons. The van der Waals surface area contributed by atoms with E-state index < -0.39 is 17.4 Å². The van der Waals surface area contributed by atoms with Crippen molar-refractivity contribution in [1.29, 1.82) is 0 Å². The van der Waals surface area contributed by atoms with Gasteiger partial charge in [-0.2, -0.15) is 12.6 Å². The van der Waals surface area contributed by atoms with E-state index in [2.05, 4.69) is 17.9 Å². The molecule has 0 bridgehead atoms. The molecule has 0 saturated heterocycles. The second-order valence-corrected chi connectivity index (χ2v) is 4.52. The second-order valence-electron chi connectivity index (χ2n) is 3.46. The molecular formula is C11H12ClNO4S. The average molecular weight is 290 g/mol. The smallest absolute Gasteiger partial charge is 0.408 e. The van der Waals surface area contributed by atoms with Crippen LogP contribution in [0.5, 0.6) is 0 Å². The van der Waals surface area contributed by atoms with Crippen LogP contribution in [0, 0.1) is 0 Å². The van der Waals surface area contributed by atoms with Crippen molar-refractivity contribution >= 4 is 36.3 Å². The van der Waals surface area contributed by atoms with Gasteiger partial charge in [-0.1, -0.05) is 23.7 Å². The summed E-state index contributed by atoms with van der Waals surface area (Å²) in [6.07, 6.45) is -1.01. The van der Waals surface area contributed by atoms with Crippen LogP contribution in [0.15, 0.2) is 24.3 Å². The Morgan fingerprint density at radius 3 is 2.83 bits per heavy atom. The van der Waals surface area contributed by atoms with Crippen LogP contribution < -0.4 is 5.32 Å². The van der Waals surface area contributed by atoms with Gasteiger partial charge >= 0.3 is 12.1 Å². The number of hydrogen-bond donors (Lipinski definition) is 3. The van der Waals surface area contributed by atoms with E-state index in [0.29, 0.717) is 5.02 Å². The standard InChI is InChI=1S/C11H12ClNO4S/c12-8-3-1-2-7(4-8)6-17-11(16)13-9(18)5-10(14)15/h1-4,9,18H,5-6H2,(H,13,16)(H,14,15). The van der Waals surface area contributed by atoms with E-state index >= 15 is 0 Å². The summed E-state index contributed by atoms with van der Waals surface area (Å²) in [5.41, 5.74) is 0.742. The van der Waals surface area contributed by atoms with Gasteiger partial charge in [0.2, 0.25) is 0 Å². The quantitative estimate of drug-likeness (QED) is 0.574. The van der Waals surface area contributed by atoms with Crippen molar-refractivity contribution in [2.24, 2.45) is 0 Å². The maximum Gasteiger partial charge on any atom is 0.408 e. The lowest BCUT2D eigenvalue weighted by Gasteiger charge is -2.11. The minimum atomic E-state index is -1.05. The molecule has 0 aliphatic rings. The number of carboxylic acids is 1. The van der Waals surface area contributed by atoms with Gasteiger partial charge in [0, 0.05) is 5.02 Å². The molecular weight excluding hydrogens is 278 g/mol. The second kappa shape index (κ2) is 7.13. The number of amides is 1. The van der Waals surface area contributed by atoms with E-state index in [0.717, 1.165) is 5.56 Å². The number of alkyl carbamates (subject to hydrolysis) is 1. The molecule has 1 atom stereocenters. The summed E-state index contributed by atoms with van der Waals surface area (Å²) in [6.45, 7) is 0.0555. The van der Waals surface area contributed by atoms with Gasteiger partial charge in [0.05, 0.1) is 11.8 Å². The Kier molecular flexibility index (Phi) is 5.80. The van der Waals surface area contributed by atoms with Gasteiger partial charge in [-0.3, -0.25) is 4.79 Å². The van der Waals surface area contributed by atoms with E-state index in [1.807, 2.05) is 0 Å². The van der Waals surface area contributed by atoms with Crippen molar-refractivity contribution < 1.29 is 19.4 Å². The highest BCUT2D eigenvalue weighted by atomic mass is 35.5. The lowest BCUT2D eigenvalue weighted by molar-refractivity contribution is -0.137. The van der Waals surface area contributed by atoms with Crippen molar-refractivity contribution in [1.82, 2.24) is 5.32 Å². The van der Waals surface area contributed by atoms with Gasteiger partial charge in [0.25, 0.3) is 0 Å². The summed E-state index contributed by atoms with van der Waals surface area (Å²) in [5, 5.41) is 10.5. The summed E-state index contributed by atoms with van der Waals surface area (Å²) >= 11 is 9.66. The van der Waals surface area contributed by atoms with Gasteiger partial charge in [0.1, 0.15) is 6.61 Å². The normalized spacial score (nSPS) is 11.7. The zero-order valence-corrected chi connectivity index (χ0v) is 10.9. The number of nitrogens with one attached hydrogen (secondary N) is 1. The molecule has 0 spiro atoms. The molecule has 1 aromatic carbocycles. The van der Waals surface area contributed by atoms with Gasteiger partial charge in [0.15, 0.2) is 0 Å². The Balaban J connectivity index is 2.35. The van der Waals surface area contributed by atoms with Gasteiger partial charge < -0.3 is 15.2 Å². The number of aliphatic carboxylic acids is 1. The Morgan fingerprint density at radius 1 is 1.50 bits per heavy atom. The third-order valence-electron chi connectivity index (χ3n) is 1.91. The van der Waals surface area contributed by atoms with E-state index in [9.17, 15) is 9.59 Å². The summed E-state index contributed by atoms with van der Waals surface area (Å²) in [4.78, 5) is 21.6. The molecule has 1 aromatic rings. The Labute approximate surface area is 114 Å². The van der Waals surface area contributed by atoms with E-state index in [1.54, 1.807) is 24.3 Å². The highest BCUT2D eigenvalue weighted by Gasteiger charge is 2.12. The third kappa shape index (κ3) is 5.79. The topological polar surface area (TPSA) is 75.6 Å². The highest BCUT2D eigenvalue weighted by Crippen LogP contribution is 2.11. The van der Waals surface area contributed by atoms with Crippen LogP contribution in [-0.4, -0.2) is 22.5 Å². The van der Waals surface area contributed by atoms with Crippen molar-refractivity contribution in [3.63, 3.8) is 0 Å². The van der Waals surface area contributed by atoms with Crippen molar-refractivity contribution in [3.05, 3.63) is 34.9 Å². The fourth-order valence-electron chi connectivity index (χ4n) is 1.17. The molecule has 0 aliphatic carbocycles. The van der Waals surface area contributed by atoms with Gasteiger partial charge in [-0.15, -0.1) is 0 Å². The molecule has 1 unspecified atom stereocenters. The zero-order valence-electron chi connectivity index (χ0n) is 9.30. The number of benzene rings is 1. The number of hydrogen-bond acceptors (Lipinski definition) is 4. The molecule has 5 nitrogen and oxygen atoms in total. The lowest BCUT2D eigenvalue weighted by atomic mass is 10.2. The Hall–Kier alpha value is -1.40. The first-order valence-corrected chi connectivity index (χ1v) is 5.94. The van der Waals surface area contributed by atoms with E-state index in [-0.39, 0.29) is 13.0 Å². The van der Waals surface area contributed by atoms with E-state index in [4.69, 9.17) is 21.4 Å². The zero-order chi connectivity index (χ0) is 13.5. The van der Waals surface area contributed by atoms with Crippen LogP contribution in [0.4, 0.5) is 4.79 Å². The van der Waals surface area contributed by atoms with Crippen LogP contribution >= 0.6 is 24.2 Å². The monoisotopic (exact) mass is 289 g/mol. The summed E-state index contributed by atoms with van der Waals surface area (Å²) in [5.74, 6) is -1.05. The third-order valence-corrected chi connectivity index (χ3v) is 2.46. The first-order chi connectivity index (χ1) is 8.47. The van der Waals surface area contributed by atoms with Gasteiger partial charge in [-0.25, -0.2) is 4.79 Å². The van der Waals surface area contributed by atoms with Crippen LogP contribution in [0.25, 0.3) is 0 Å². The summed E-state index contributed by atoms with van der Waals surface area (Å²) in [6, 6.07) is 6.88. The SMILES string of the molecule is O=C(O)CC(S)NC(=O)OCc1cccc(Cl)c1. The van der Waals surface area contributed by atoms with Crippen molar-refractivity contribution in [3.8, 4) is 0 Å². The summed E-state index contributed by atoms with van der Waals surface area (Å²) < 4.78 is 4.88. The fraction of sp³-hybridized carbons (Fsp3) is 0.273. The number of ether oxygens (including phenoxy) is 1. The Morgan fingerprint density at radius 2 is 2.22 bits per heavy atom. The first kappa shape index (κ1) is 14.7. The summed E-state index contributed by atoms with van der Waals surface area (Å²) in [7, 11) is 0. The van der Waals surface area contributed by atoms with Crippen molar-refractivity contribution in [2.45, 2.75) is 18.4 Å². The minimum Gasteiger partial charge on any atom is -0.481 e. The molecule has 0 fully saturated rings. The number of halogens is 1. The molecule has 1 amide bonds. The average Bonchev–Trinajstić information content (AvgIpc) is 2.25. The maximum atomic E-state index is 11.3. The maximum absolute atomic E-state index is 11.3. The predicted octanol–water partition coefficient (Wildman–Crippen LogP) is 2.30. The molecule has 18 heavy (non-hydrogen) atoms. The molecule has 98 valence electrons. The number of carbonyl (C=O) groups is 2. The van der Waals surface area contributed by atoms with Crippen LogP contribution in [0.1, 0.15) is 12.0 Å². The predicted molar refractivity (Wildman–Crippen MR) is 69.8 cm³/mol. The van der Waals surface area contributed by atoms with E-state index in [1.165, 1.54) is 0 Å². The number of carboxylic acid groups (broad SMARTS) is 1. The molecule has 0 aliphatic heterocycles. The van der Waals surface area contributed by atoms with Crippen LogP contribution in [0.2, 0.25) is 5.02 Å². The molecule has 2 N–H and O–H groups in total. The molecule has 7 heteroatoms. The highest BCUT2D eigenvalue weighted by molar-refractivity contribution is 7.80. The minimum absolute atomic E-state index is 0.0555. The van der Waals surface area contributed by atoms with Crippen LogP contribution in [-0.2, 0) is 16.1 Å². The largest absolute Gasteiger partial charge is 0.481 e. The fourth-order valence-corrected chi connectivity index (χ4v) is 1.64. The van der Waals surface area contributed by atoms with Gasteiger partial charge in [-0.05, 0) is 17.7 Å². The first-order valence-electron chi connectivity index (χ1n) is 5.05. The Bertz CT molecular complexity index is 441. The van der Waals surface area contributed by atoms with Crippen molar-refractivity contribution in [2.75, 3.05) is 0 Å². The number of carbonyl (C=O) groups excluding carboxylic acids is 1. The lowest BCUT2D eigenvalue weighted by Crippen LogP contribution is -2.32. The molecule has 1 rings (SSSR count). The number of thiol groups is 1.